The topological polar surface area (TPSA) is 18.5 Å². The Bertz CT molecular complexity index is 729. The summed E-state index contributed by atoms with van der Waals surface area (Å²) in [5.41, 5.74) is 3.23. The van der Waals surface area contributed by atoms with Crippen LogP contribution in [0.1, 0.15) is 119 Å². The largest absolute Gasteiger partial charge is 0.487 e. The Morgan fingerprint density at radius 1 is 0.938 bits per heavy atom. The van der Waals surface area contributed by atoms with Crippen molar-refractivity contribution in [3.63, 3.8) is 0 Å². The number of fused-ring (bicyclic) bond motifs is 1. The zero-order chi connectivity index (χ0) is 22.5. The third-order valence-electron chi connectivity index (χ3n) is 8.98. The molecular formula is C29H45FO2. The summed E-state index contributed by atoms with van der Waals surface area (Å²) in [4.78, 5) is 0. The Morgan fingerprint density at radius 3 is 2.31 bits per heavy atom. The summed E-state index contributed by atoms with van der Waals surface area (Å²) in [5.74, 6) is 2.78. The van der Waals surface area contributed by atoms with Gasteiger partial charge >= 0.3 is 0 Å². The van der Waals surface area contributed by atoms with Crippen molar-refractivity contribution in [3.05, 3.63) is 28.6 Å². The number of halogens is 1. The second kappa shape index (κ2) is 11.4. The van der Waals surface area contributed by atoms with Gasteiger partial charge in [0.2, 0.25) is 0 Å². The molecule has 1 heterocycles. The highest BCUT2D eigenvalue weighted by Crippen LogP contribution is 2.43. The highest BCUT2D eigenvalue weighted by Gasteiger charge is 2.29. The van der Waals surface area contributed by atoms with Crippen LogP contribution in [0.25, 0.3) is 0 Å². The molecule has 2 fully saturated rings. The Balaban J connectivity index is 1.27. The summed E-state index contributed by atoms with van der Waals surface area (Å²) in [5, 5.41) is 0. The zero-order valence-corrected chi connectivity index (χ0v) is 20.8. The fourth-order valence-electron chi connectivity index (χ4n) is 6.62. The highest BCUT2D eigenvalue weighted by molar-refractivity contribution is 5.46. The van der Waals surface area contributed by atoms with Crippen LogP contribution in [0.5, 0.6) is 5.75 Å². The molecule has 1 atom stereocenters. The molecule has 32 heavy (non-hydrogen) atoms. The van der Waals surface area contributed by atoms with Gasteiger partial charge in [0.1, 0.15) is 0 Å². The van der Waals surface area contributed by atoms with Crippen LogP contribution in [-0.4, -0.2) is 19.3 Å². The van der Waals surface area contributed by atoms with Gasteiger partial charge in [-0.2, -0.15) is 0 Å². The summed E-state index contributed by atoms with van der Waals surface area (Å²) in [6.07, 6.45) is 19.0. The van der Waals surface area contributed by atoms with Crippen LogP contribution in [0.2, 0.25) is 0 Å². The van der Waals surface area contributed by atoms with Gasteiger partial charge in [0.25, 0.3) is 0 Å². The summed E-state index contributed by atoms with van der Waals surface area (Å²) in [6, 6.07) is 2.30. The van der Waals surface area contributed by atoms with E-state index in [1.165, 1.54) is 82.6 Å². The molecule has 0 aromatic heterocycles. The molecule has 2 nitrogen and oxygen atoms in total. The number of hydrogen-bond donors (Lipinski definition) is 0. The van der Waals surface area contributed by atoms with Crippen molar-refractivity contribution in [1.82, 2.24) is 0 Å². The van der Waals surface area contributed by atoms with E-state index in [-0.39, 0.29) is 11.9 Å². The van der Waals surface area contributed by atoms with E-state index >= 15 is 4.39 Å². The van der Waals surface area contributed by atoms with Gasteiger partial charge < -0.3 is 9.47 Å². The summed E-state index contributed by atoms with van der Waals surface area (Å²) < 4.78 is 27.1. The van der Waals surface area contributed by atoms with Crippen molar-refractivity contribution in [3.8, 4) is 5.75 Å². The lowest BCUT2D eigenvalue weighted by Gasteiger charge is -2.32. The minimum absolute atomic E-state index is 0.0743. The Labute approximate surface area is 195 Å². The van der Waals surface area contributed by atoms with Crippen LogP contribution in [0.3, 0.4) is 0 Å². The van der Waals surface area contributed by atoms with Crippen molar-refractivity contribution >= 4 is 0 Å². The summed E-state index contributed by atoms with van der Waals surface area (Å²) in [6.45, 7) is 4.28. The first-order valence-corrected chi connectivity index (χ1v) is 13.6. The molecule has 2 saturated carbocycles. The first-order chi connectivity index (χ1) is 15.6. The Hall–Kier alpha value is -1.09. The fraction of sp³-hybridized carbons (Fsp3) is 0.793. The monoisotopic (exact) mass is 444 g/mol. The molecule has 180 valence electrons. The van der Waals surface area contributed by atoms with Crippen LogP contribution < -0.4 is 4.74 Å². The second-order valence-electron chi connectivity index (χ2n) is 11.0. The quantitative estimate of drug-likeness (QED) is 0.376. The lowest BCUT2D eigenvalue weighted by Crippen LogP contribution is -2.25. The van der Waals surface area contributed by atoms with Crippen LogP contribution in [-0.2, 0) is 11.2 Å². The van der Waals surface area contributed by atoms with Crippen LogP contribution >= 0.6 is 0 Å². The number of aryl methyl sites for hydroxylation is 1. The SMILES string of the molecule is CCC1CCC(c2cc3c(c(F)c2C)OC(CCCCC2CCC(OC)CC2)CC3)CC1. The van der Waals surface area contributed by atoms with E-state index < -0.39 is 0 Å². The lowest BCUT2D eigenvalue weighted by atomic mass is 9.76. The van der Waals surface area contributed by atoms with E-state index in [9.17, 15) is 0 Å². The number of hydrogen-bond acceptors (Lipinski definition) is 2. The maximum atomic E-state index is 15.4. The minimum atomic E-state index is -0.0743. The molecule has 1 unspecified atom stereocenters. The van der Waals surface area contributed by atoms with Crippen LogP contribution in [0.4, 0.5) is 4.39 Å². The third-order valence-corrected chi connectivity index (χ3v) is 8.98. The van der Waals surface area contributed by atoms with Gasteiger partial charge in [0, 0.05) is 7.11 Å². The molecule has 0 N–H and O–H groups in total. The molecule has 3 aliphatic rings. The second-order valence-corrected chi connectivity index (χ2v) is 11.0. The Morgan fingerprint density at radius 2 is 1.62 bits per heavy atom. The van der Waals surface area contributed by atoms with Crippen LogP contribution in [0, 0.1) is 24.6 Å². The van der Waals surface area contributed by atoms with Gasteiger partial charge in [0.05, 0.1) is 12.2 Å². The molecule has 0 saturated heterocycles. The van der Waals surface area contributed by atoms with E-state index in [2.05, 4.69) is 13.0 Å². The van der Waals surface area contributed by atoms with E-state index in [1.54, 1.807) is 0 Å². The summed E-state index contributed by atoms with van der Waals surface area (Å²) >= 11 is 0. The average Bonchev–Trinajstić information content (AvgIpc) is 2.84. The van der Waals surface area contributed by atoms with Crippen molar-refractivity contribution in [2.24, 2.45) is 11.8 Å². The normalized spacial score (nSPS) is 30.6. The lowest BCUT2D eigenvalue weighted by molar-refractivity contribution is 0.0549. The molecule has 1 aliphatic heterocycles. The molecule has 0 bridgehead atoms. The molecule has 0 amide bonds. The first-order valence-electron chi connectivity index (χ1n) is 13.6. The number of methoxy groups -OCH3 is 1. The van der Waals surface area contributed by atoms with Crippen molar-refractivity contribution < 1.29 is 13.9 Å². The van der Waals surface area contributed by atoms with Gasteiger partial charge in [-0.15, -0.1) is 0 Å². The average molecular weight is 445 g/mol. The molecule has 3 heteroatoms. The van der Waals surface area contributed by atoms with Crippen molar-refractivity contribution in [2.75, 3.05) is 7.11 Å². The van der Waals surface area contributed by atoms with Crippen molar-refractivity contribution in [2.45, 2.75) is 128 Å². The molecule has 1 aromatic rings. The van der Waals surface area contributed by atoms with Gasteiger partial charge in [-0.05, 0) is 118 Å². The summed E-state index contributed by atoms with van der Waals surface area (Å²) in [7, 11) is 1.84. The van der Waals surface area contributed by atoms with E-state index in [1.807, 2.05) is 14.0 Å². The predicted octanol–water partition coefficient (Wildman–Crippen LogP) is 8.28. The number of unbranched alkanes of at least 4 members (excludes halogenated alkanes) is 1. The maximum absolute atomic E-state index is 15.4. The number of rotatable bonds is 8. The number of benzene rings is 1. The molecule has 0 radical (unpaired) electrons. The highest BCUT2D eigenvalue weighted by atomic mass is 19.1. The predicted molar refractivity (Wildman–Crippen MR) is 130 cm³/mol. The minimum Gasteiger partial charge on any atom is -0.487 e. The molecule has 4 rings (SSSR count). The first kappa shape index (κ1) is 24.0. The standard InChI is InChI=1S/C29H45FO2/c1-4-21-9-13-23(14-10-21)27-19-24-15-18-26(32-29(24)28(30)20(27)2)8-6-5-7-22-11-16-25(31-3)17-12-22/h19,21-23,25-26H,4-18H2,1-3H3. The van der Waals surface area contributed by atoms with E-state index in [0.29, 0.717) is 17.8 Å². The van der Waals surface area contributed by atoms with Gasteiger partial charge in [-0.3, -0.25) is 0 Å². The van der Waals surface area contributed by atoms with Gasteiger partial charge in [-0.25, -0.2) is 4.39 Å². The van der Waals surface area contributed by atoms with Gasteiger partial charge in [-0.1, -0.05) is 32.3 Å². The Kier molecular flexibility index (Phi) is 8.54. The third kappa shape index (κ3) is 5.69. The number of ether oxygens (including phenoxy) is 2. The van der Waals surface area contributed by atoms with Gasteiger partial charge in [0.15, 0.2) is 11.6 Å². The molecule has 2 aliphatic carbocycles. The van der Waals surface area contributed by atoms with E-state index in [0.717, 1.165) is 42.2 Å². The smallest absolute Gasteiger partial charge is 0.168 e. The fourth-order valence-corrected chi connectivity index (χ4v) is 6.62. The van der Waals surface area contributed by atoms with Crippen LogP contribution in [0.15, 0.2) is 6.07 Å². The molecule has 0 spiro atoms. The maximum Gasteiger partial charge on any atom is 0.168 e. The molecule has 1 aromatic carbocycles. The van der Waals surface area contributed by atoms with E-state index in [4.69, 9.17) is 9.47 Å². The van der Waals surface area contributed by atoms with Crippen molar-refractivity contribution in [1.29, 1.82) is 0 Å². The molecular weight excluding hydrogens is 399 g/mol. The zero-order valence-electron chi connectivity index (χ0n) is 20.8.